The maximum absolute atomic E-state index is 7.30. The van der Waals surface area contributed by atoms with E-state index in [-0.39, 0.29) is 0 Å². The van der Waals surface area contributed by atoms with Crippen LogP contribution in [0.5, 0.6) is 0 Å². The van der Waals surface area contributed by atoms with Gasteiger partial charge in [0.05, 0.1) is 38.8 Å². The van der Waals surface area contributed by atoms with Crippen molar-refractivity contribution in [2.45, 2.75) is 6.92 Å². The van der Waals surface area contributed by atoms with E-state index >= 15 is 0 Å². The van der Waals surface area contributed by atoms with Crippen molar-refractivity contribution in [1.82, 2.24) is 13.7 Å². The highest BCUT2D eigenvalue weighted by molar-refractivity contribution is 6.17. The number of aromatic nitrogens is 3. The molecular weight excluding hydrogens is 839 g/mol. The lowest BCUT2D eigenvalue weighted by molar-refractivity contribution is 0.667. The smallest absolute Gasteiger partial charge is 0.159 e. The first kappa shape index (κ1) is 40.2. The molecule has 4 nitrogen and oxygen atoms in total. The van der Waals surface area contributed by atoms with E-state index in [1.54, 1.807) is 6.08 Å². The van der Waals surface area contributed by atoms with Crippen molar-refractivity contribution < 1.29 is 4.42 Å². The molecule has 0 bridgehead atoms. The normalized spacial score (nSPS) is 11.8. The first-order valence-corrected chi connectivity index (χ1v) is 23.6. The summed E-state index contributed by atoms with van der Waals surface area (Å²) in [5, 5.41) is 9.52. The molecule has 0 saturated carbocycles. The van der Waals surface area contributed by atoms with Crippen LogP contribution in [0.2, 0.25) is 0 Å². The summed E-state index contributed by atoms with van der Waals surface area (Å²) in [6, 6.07) is 81.4. The Morgan fingerprint density at radius 2 is 0.826 bits per heavy atom. The topological polar surface area (TPSA) is 27.9 Å². The fourth-order valence-electron chi connectivity index (χ4n) is 10.8. The zero-order valence-electron chi connectivity index (χ0n) is 38.1. The number of para-hydroxylation sites is 7. The van der Waals surface area contributed by atoms with E-state index in [9.17, 15) is 0 Å². The average molecular weight is 884 g/mol. The van der Waals surface area contributed by atoms with Gasteiger partial charge in [-0.2, -0.15) is 0 Å². The molecule has 326 valence electrons. The Hall–Kier alpha value is -9.12. The minimum absolute atomic E-state index is 0.859. The molecule has 0 saturated heterocycles. The van der Waals surface area contributed by atoms with Gasteiger partial charge >= 0.3 is 0 Å². The lowest BCUT2D eigenvalue weighted by atomic mass is 9.98. The zero-order valence-corrected chi connectivity index (χ0v) is 38.1. The number of allylic oxidation sites excluding steroid dienone is 3. The molecule has 0 atom stereocenters. The largest absolute Gasteiger partial charge is 0.453 e. The summed E-state index contributed by atoms with van der Waals surface area (Å²) in [4.78, 5) is 0. The van der Waals surface area contributed by atoms with E-state index in [1.807, 2.05) is 19.1 Å². The molecular formula is C65H45N3O. The van der Waals surface area contributed by atoms with E-state index in [4.69, 9.17) is 4.42 Å². The number of hydrogen-bond acceptors (Lipinski definition) is 1. The van der Waals surface area contributed by atoms with E-state index < -0.39 is 0 Å². The number of furan rings is 1. The van der Waals surface area contributed by atoms with Crippen LogP contribution in [-0.2, 0) is 0 Å². The van der Waals surface area contributed by atoms with Gasteiger partial charge < -0.3 is 18.1 Å². The summed E-state index contributed by atoms with van der Waals surface area (Å²) in [6.07, 6.45) is 5.58. The third kappa shape index (κ3) is 6.37. The van der Waals surface area contributed by atoms with E-state index in [2.05, 4.69) is 245 Å². The van der Waals surface area contributed by atoms with Crippen LogP contribution in [0, 0.1) is 0 Å². The summed E-state index contributed by atoms with van der Waals surface area (Å²) < 4.78 is 14.5. The molecule has 0 fully saturated rings. The molecule has 4 heteroatoms. The second-order valence-electron chi connectivity index (χ2n) is 17.6. The first-order valence-electron chi connectivity index (χ1n) is 23.6. The maximum Gasteiger partial charge on any atom is 0.159 e. The molecule has 0 aliphatic carbocycles. The van der Waals surface area contributed by atoms with Crippen molar-refractivity contribution in [2.75, 3.05) is 0 Å². The predicted molar refractivity (Wildman–Crippen MR) is 293 cm³/mol. The first-order chi connectivity index (χ1) is 34.2. The molecule has 0 aliphatic heterocycles. The quantitative estimate of drug-likeness (QED) is 0.153. The highest BCUT2D eigenvalue weighted by atomic mass is 16.3. The van der Waals surface area contributed by atoms with Gasteiger partial charge in [-0.05, 0) is 102 Å². The number of benzene rings is 10. The van der Waals surface area contributed by atoms with Gasteiger partial charge in [0, 0.05) is 60.0 Å². The van der Waals surface area contributed by atoms with Crippen molar-refractivity contribution in [3.63, 3.8) is 0 Å². The Balaban J connectivity index is 0.000000895. The molecule has 0 amide bonds. The minimum Gasteiger partial charge on any atom is -0.453 e. The third-order valence-electron chi connectivity index (χ3n) is 13.7. The number of hydrogen-bond donors (Lipinski definition) is 0. The molecule has 14 aromatic rings. The number of rotatable bonds is 6. The Bertz CT molecular complexity index is 4240. The second-order valence-corrected chi connectivity index (χ2v) is 17.6. The lowest BCUT2D eigenvalue weighted by Crippen LogP contribution is -1.96. The zero-order chi connectivity index (χ0) is 46.0. The maximum atomic E-state index is 7.30. The average Bonchev–Trinajstić information content (AvgIpc) is 4.16. The SMILES string of the molecule is C=C/C=C\C.c1ccc(-n2c3ccccc3c3cc(-c4cccc5c4oc4c(-n6c7ccccc7c7ccccc76)cc(-c6cccc(-n7c8ccccc8c8ccccc87)c6)cc45)ccc32)cc1. The third-order valence-corrected chi connectivity index (χ3v) is 13.7. The van der Waals surface area contributed by atoms with Crippen molar-refractivity contribution >= 4 is 87.4 Å². The molecule has 4 heterocycles. The summed E-state index contributed by atoms with van der Waals surface area (Å²) in [5.74, 6) is 0. The minimum atomic E-state index is 0.859. The van der Waals surface area contributed by atoms with Gasteiger partial charge in [-0.25, -0.2) is 0 Å². The number of nitrogens with zero attached hydrogens (tertiary/aromatic N) is 3. The summed E-state index contributed by atoms with van der Waals surface area (Å²) >= 11 is 0. The van der Waals surface area contributed by atoms with Gasteiger partial charge in [0.25, 0.3) is 0 Å². The number of fused-ring (bicyclic) bond motifs is 12. The fraction of sp³-hybridized carbons (Fsp3) is 0.0154. The molecule has 10 aromatic carbocycles. The van der Waals surface area contributed by atoms with E-state index in [0.29, 0.717) is 0 Å². The molecule has 0 aliphatic rings. The van der Waals surface area contributed by atoms with Crippen molar-refractivity contribution in [1.29, 1.82) is 0 Å². The van der Waals surface area contributed by atoms with Crippen LogP contribution in [0.1, 0.15) is 6.92 Å². The Morgan fingerprint density at radius 1 is 0.348 bits per heavy atom. The summed E-state index contributed by atoms with van der Waals surface area (Å²) in [6.45, 7) is 5.42. The van der Waals surface area contributed by atoms with Crippen LogP contribution < -0.4 is 0 Å². The van der Waals surface area contributed by atoms with Crippen molar-refractivity contribution in [3.8, 4) is 39.3 Å². The van der Waals surface area contributed by atoms with Crippen LogP contribution in [-0.4, -0.2) is 13.7 Å². The van der Waals surface area contributed by atoms with Crippen LogP contribution in [0.4, 0.5) is 0 Å². The molecule has 0 N–H and O–H groups in total. The van der Waals surface area contributed by atoms with Gasteiger partial charge in [0.1, 0.15) is 5.58 Å². The molecule has 0 unspecified atom stereocenters. The standard InChI is InChI=1S/C60H37N3O.C5H8/c1-2-17-41(18-3-1)61-54-29-11-8-24-48(54)50-35-39(32-33-57(50)61)43-25-15-26-49-51-36-40(38-16-14-19-42(34-38)62-52-27-9-4-20-44(52)45-21-5-10-28-53(45)62)37-58(60(51)64-59(43)49)63-55-30-12-6-22-46(55)47-23-7-13-31-56(47)63;1-3-5-4-2/h1-37H;3-5H,1H2,2H3/b;5-4-. The van der Waals surface area contributed by atoms with Crippen LogP contribution >= 0.6 is 0 Å². The van der Waals surface area contributed by atoms with Gasteiger partial charge in [0.2, 0.25) is 0 Å². The van der Waals surface area contributed by atoms with E-state index in [1.165, 1.54) is 54.4 Å². The molecule has 69 heavy (non-hydrogen) atoms. The lowest BCUT2D eigenvalue weighted by Gasteiger charge is -2.13. The Morgan fingerprint density at radius 3 is 1.41 bits per heavy atom. The predicted octanol–water partition coefficient (Wildman–Crippen LogP) is 18.0. The summed E-state index contributed by atoms with van der Waals surface area (Å²) in [7, 11) is 0. The summed E-state index contributed by atoms with van der Waals surface area (Å²) in [5.41, 5.74) is 16.5. The monoisotopic (exact) mass is 883 g/mol. The molecule has 0 radical (unpaired) electrons. The molecule has 0 spiro atoms. The molecule has 14 rings (SSSR count). The highest BCUT2D eigenvalue weighted by Gasteiger charge is 2.22. The highest BCUT2D eigenvalue weighted by Crippen LogP contribution is 2.44. The van der Waals surface area contributed by atoms with Crippen molar-refractivity contribution in [2.24, 2.45) is 0 Å². The molecule has 4 aromatic heterocycles. The fourth-order valence-corrected chi connectivity index (χ4v) is 10.8. The van der Waals surface area contributed by atoms with Crippen LogP contribution in [0.15, 0.2) is 254 Å². The van der Waals surface area contributed by atoms with Gasteiger partial charge in [-0.15, -0.1) is 0 Å². The van der Waals surface area contributed by atoms with E-state index in [0.717, 1.165) is 72.3 Å². The Kier molecular flexibility index (Phi) is 9.51. The van der Waals surface area contributed by atoms with Crippen LogP contribution in [0.3, 0.4) is 0 Å². The van der Waals surface area contributed by atoms with Crippen molar-refractivity contribution in [3.05, 3.63) is 249 Å². The van der Waals surface area contributed by atoms with Gasteiger partial charge in [0.15, 0.2) is 5.58 Å². The van der Waals surface area contributed by atoms with Gasteiger partial charge in [-0.3, -0.25) is 0 Å². The second kappa shape index (κ2) is 16.3. The van der Waals surface area contributed by atoms with Crippen LogP contribution in [0.25, 0.3) is 127 Å². The Labute approximate surface area is 399 Å². The van der Waals surface area contributed by atoms with Gasteiger partial charge in [-0.1, -0.05) is 170 Å².